The Hall–Kier alpha value is -4.84. The number of phenolic OH excluding ortho intramolecular Hbond substituents is 2. The van der Waals surface area contributed by atoms with E-state index >= 15 is 0 Å². The number of phenols is 2. The number of carbonyl (C=O) groups is 5. The Balaban J connectivity index is 1.52. The Labute approximate surface area is 334 Å². The van der Waals surface area contributed by atoms with Crippen molar-refractivity contribution in [3.8, 4) is 33.8 Å². The van der Waals surface area contributed by atoms with E-state index in [0.29, 0.717) is 52.0 Å². The predicted molar refractivity (Wildman–Crippen MR) is 216 cm³/mol. The largest absolute Gasteiger partial charge is 0.507 e. The van der Waals surface area contributed by atoms with Crippen LogP contribution in [0.25, 0.3) is 22.3 Å². The van der Waals surface area contributed by atoms with Crippen LogP contribution in [0.4, 0.5) is 0 Å². The maximum atomic E-state index is 14.5. The summed E-state index contributed by atoms with van der Waals surface area (Å²) >= 11 is 9.42. The Morgan fingerprint density at radius 1 is 0.927 bits per heavy atom. The second-order valence-electron chi connectivity index (χ2n) is 14.2. The Morgan fingerprint density at radius 2 is 1.58 bits per heavy atom. The standard InChI is InChI=1S/C43H45BrClN3O7/c1-24-18-39(52)40(30-13-16-37(50)33(22-30)34-19-26(20-35(44)41(34)53)21-36(25(2)49)47-42(24)54)48(3)43(55)31(6-4-5-17-46)23-38(51)29-9-7-27(8-10-29)28-11-14-32(45)15-12-28/h7-16,19-20,22,24,31,36,40,50,53H,4-6,17-18,21,23,46H2,1-3H3,(H,47,54)/t24-,31-,36+,40+/m1/s1. The van der Waals surface area contributed by atoms with Gasteiger partial charge >= 0.3 is 0 Å². The lowest BCUT2D eigenvalue weighted by molar-refractivity contribution is -0.142. The first-order valence-electron chi connectivity index (χ1n) is 18.2. The molecule has 10 nitrogen and oxygen atoms in total. The number of hydrogen-bond acceptors (Lipinski definition) is 8. The van der Waals surface area contributed by atoms with Gasteiger partial charge in [0.2, 0.25) is 11.8 Å². The lowest BCUT2D eigenvalue weighted by Gasteiger charge is -2.32. The maximum absolute atomic E-state index is 14.5. The van der Waals surface area contributed by atoms with Gasteiger partial charge in [-0.05, 0) is 107 Å². The number of ketones is 3. The van der Waals surface area contributed by atoms with E-state index in [9.17, 15) is 34.2 Å². The number of halogens is 2. The van der Waals surface area contributed by atoms with Crippen LogP contribution in [0.1, 0.15) is 73.5 Å². The summed E-state index contributed by atoms with van der Waals surface area (Å²) in [7, 11) is 1.49. The first-order chi connectivity index (χ1) is 26.2. The lowest BCUT2D eigenvalue weighted by atomic mass is 9.88. The molecule has 0 radical (unpaired) electrons. The molecule has 0 fully saturated rings. The Bertz CT molecular complexity index is 2090. The van der Waals surface area contributed by atoms with Gasteiger partial charge in [-0.3, -0.25) is 24.0 Å². The van der Waals surface area contributed by atoms with Crippen molar-refractivity contribution in [3.05, 3.63) is 105 Å². The molecule has 0 saturated carbocycles. The number of nitrogens with zero attached hydrogens (tertiary/aromatic N) is 1. The molecular weight excluding hydrogens is 786 g/mol. The van der Waals surface area contributed by atoms with Gasteiger partial charge in [-0.25, -0.2) is 0 Å². The highest BCUT2D eigenvalue weighted by Gasteiger charge is 2.36. The molecule has 0 aromatic heterocycles. The highest BCUT2D eigenvalue weighted by atomic mass is 79.9. The molecule has 0 unspecified atom stereocenters. The van der Waals surface area contributed by atoms with Crippen LogP contribution in [0, 0.1) is 11.8 Å². The highest BCUT2D eigenvalue weighted by molar-refractivity contribution is 9.10. The number of rotatable bonds is 11. The molecule has 2 amide bonds. The molecule has 1 heterocycles. The third kappa shape index (κ3) is 9.89. The first-order valence-corrected chi connectivity index (χ1v) is 19.4. The number of hydrogen-bond donors (Lipinski definition) is 4. The van der Waals surface area contributed by atoms with E-state index in [1.807, 2.05) is 24.3 Å². The zero-order chi connectivity index (χ0) is 40.0. The monoisotopic (exact) mass is 829 g/mol. The second-order valence-corrected chi connectivity index (χ2v) is 15.5. The Morgan fingerprint density at radius 3 is 2.22 bits per heavy atom. The average molecular weight is 831 g/mol. The van der Waals surface area contributed by atoms with Crippen LogP contribution < -0.4 is 11.1 Å². The number of likely N-dealkylation sites (N-methyl/N-ethyl adjacent to an activating group) is 1. The van der Waals surface area contributed by atoms with E-state index in [-0.39, 0.29) is 53.5 Å². The van der Waals surface area contributed by atoms with Crippen molar-refractivity contribution < 1.29 is 34.2 Å². The van der Waals surface area contributed by atoms with Gasteiger partial charge in [-0.15, -0.1) is 0 Å². The van der Waals surface area contributed by atoms with Gasteiger partial charge in [0.1, 0.15) is 17.5 Å². The van der Waals surface area contributed by atoms with Gasteiger partial charge in [-0.1, -0.05) is 67.4 Å². The summed E-state index contributed by atoms with van der Waals surface area (Å²) in [5.74, 6) is -3.99. The van der Waals surface area contributed by atoms with E-state index in [1.165, 1.54) is 31.0 Å². The minimum absolute atomic E-state index is 0.102. The minimum atomic E-state index is -1.23. The van der Waals surface area contributed by atoms with Crippen LogP contribution in [0.15, 0.2) is 83.3 Å². The van der Waals surface area contributed by atoms with Gasteiger partial charge < -0.3 is 26.2 Å². The van der Waals surface area contributed by atoms with Gasteiger partial charge in [-0.2, -0.15) is 0 Å². The average Bonchev–Trinajstić information content (AvgIpc) is 3.15. The van der Waals surface area contributed by atoms with Crippen molar-refractivity contribution in [1.82, 2.24) is 10.2 Å². The predicted octanol–water partition coefficient (Wildman–Crippen LogP) is 7.59. The molecule has 4 atom stereocenters. The Kier molecular flexibility index (Phi) is 13.7. The number of unbranched alkanes of at least 4 members (excludes halogenated alkanes) is 1. The van der Waals surface area contributed by atoms with Gasteiger partial charge in [0.05, 0.1) is 10.5 Å². The summed E-state index contributed by atoms with van der Waals surface area (Å²) < 4.78 is 0.295. The molecule has 4 bridgehead atoms. The second kappa shape index (κ2) is 18.2. The zero-order valence-electron chi connectivity index (χ0n) is 31.0. The molecule has 12 heteroatoms. The molecule has 4 aromatic rings. The zero-order valence-corrected chi connectivity index (χ0v) is 33.3. The van der Waals surface area contributed by atoms with Crippen molar-refractivity contribution in [2.75, 3.05) is 13.6 Å². The molecule has 5 N–H and O–H groups in total. The third-order valence-electron chi connectivity index (χ3n) is 10.2. The number of nitrogens with one attached hydrogen (secondary N) is 1. The minimum Gasteiger partial charge on any atom is -0.507 e. The fraction of sp³-hybridized carbons (Fsp3) is 0.326. The van der Waals surface area contributed by atoms with Crippen LogP contribution in [0.5, 0.6) is 11.5 Å². The van der Waals surface area contributed by atoms with Crippen LogP contribution in [0.2, 0.25) is 5.02 Å². The third-order valence-corrected chi connectivity index (χ3v) is 11.0. The number of Topliss-reactive ketones (excluding diaryl/α,β-unsaturated/α-hetero) is 3. The van der Waals surface area contributed by atoms with Crippen molar-refractivity contribution >= 4 is 56.7 Å². The highest BCUT2D eigenvalue weighted by Crippen LogP contribution is 2.43. The smallest absolute Gasteiger partial charge is 0.226 e. The normalized spacial score (nSPS) is 17.8. The lowest BCUT2D eigenvalue weighted by Crippen LogP contribution is -2.45. The van der Waals surface area contributed by atoms with Crippen LogP contribution in [-0.4, -0.2) is 63.9 Å². The summed E-state index contributed by atoms with van der Waals surface area (Å²) in [6.45, 7) is 3.35. The number of benzene rings is 4. The fourth-order valence-electron chi connectivity index (χ4n) is 6.99. The summed E-state index contributed by atoms with van der Waals surface area (Å²) in [5, 5.41) is 25.6. The number of nitrogens with two attached hydrogens (primary N) is 1. The molecule has 1 aliphatic rings. The number of fused-ring (bicyclic) bond motifs is 5. The van der Waals surface area contributed by atoms with E-state index in [2.05, 4.69) is 21.2 Å². The molecule has 1 aliphatic heterocycles. The van der Waals surface area contributed by atoms with Gasteiger partial charge in [0, 0.05) is 53.4 Å². The fourth-order valence-corrected chi connectivity index (χ4v) is 7.62. The summed E-state index contributed by atoms with van der Waals surface area (Å²) in [6, 6.07) is 20.0. The van der Waals surface area contributed by atoms with E-state index in [1.54, 1.807) is 49.4 Å². The van der Waals surface area contributed by atoms with Crippen molar-refractivity contribution in [2.45, 2.75) is 64.5 Å². The number of amides is 2. The molecule has 4 aromatic carbocycles. The van der Waals surface area contributed by atoms with E-state index < -0.39 is 41.5 Å². The molecule has 0 spiro atoms. The van der Waals surface area contributed by atoms with E-state index in [4.69, 9.17) is 17.3 Å². The number of aromatic hydroxyl groups is 2. The van der Waals surface area contributed by atoms with Gasteiger partial charge in [0.15, 0.2) is 17.3 Å². The molecular formula is C43H45BrClN3O7. The van der Waals surface area contributed by atoms with Crippen LogP contribution in [-0.2, 0) is 25.6 Å². The van der Waals surface area contributed by atoms with Crippen molar-refractivity contribution in [2.24, 2.45) is 17.6 Å². The molecule has 288 valence electrons. The maximum Gasteiger partial charge on any atom is 0.226 e. The van der Waals surface area contributed by atoms with Crippen LogP contribution in [0.3, 0.4) is 0 Å². The van der Waals surface area contributed by atoms with Crippen molar-refractivity contribution in [3.63, 3.8) is 0 Å². The first kappa shape index (κ1) is 41.3. The molecule has 0 saturated heterocycles. The summed E-state index contributed by atoms with van der Waals surface area (Å²) in [5.41, 5.74) is 9.41. The number of carbonyl (C=O) groups excluding carboxylic acids is 5. The molecule has 5 rings (SSSR count). The SMILES string of the molecule is CC(=O)[C@@H]1Cc2cc(Br)c(O)c(c2)-c2cc(ccc2O)[C@H](N(C)C(=O)[C@H](CCCCN)CC(=O)c2ccc(-c3ccc(Cl)cc3)cc2)C(=O)C[C@@H](C)C(=O)N1. The molecule has 55 heavy (non-hydrogen) atoms. The summed E-state index contributed by atoms with van der Waals surface area (Å²) in [4.78, 5) is 70.0. The summed E-state index contributed by atoms with van der Waals surface area (Å²) in [6.07, 6.45) is 1.27. The topological polar surface area (TPSA) is 167 Å². The molecule has 0 aliphatic carbocycles. The van der Waals surface area contributed by atoms with Crippen molar-refractivity contribution in [1.29, 1.82) is 0 Å². The van der Waals surface area contributed by atoms with Crippen LogP contribution >= 0.6 is 27.5 Å². The quantitative estimate of drug-likeness (QED) is 0.0887. The van der Waals surface area contributed by atoms with Gasteiger partial charge in [0.25, 0.3) is 0 Å². The van der Waals surface area contributed by atoms with E-state index in [0.717, 1.165) is 11.1 Å².